The number of fused-ring (bicyclic) bond motifs is 2. The van der Waals surface area contributed by atoms with E-state index < -0.39 is 6.04 Å². The van der Waals surface area contributed by atoms with Crippen LogP contribution in [0.25, 0.3) is 16.7 Å². The molecule has 0 bridgehead atoms. The molecule has 0 saturated carbocycles. The van der Waals surface area contributed by atoms with Gasteiger partial charge in [0, 0.05) is 22.7 Å². The number of carbonyl (C=O) groups excluding carboxylic acids is 2. The largest absolute Gasteiger partial charge is 0.470 e. The second-order valence-electron chi connectivity index (χ2n) is 5.99. The van der Waals surface area contributed by atoms with Gasteiger partial charge in [-0.15, -0.1) is 0 Å². The molecule has 124 valence electrons. The normalized spacial score (nSPS) is 19.1. The van der Waals surface area contributed by atoms with Crippen LogP contribution in [-0.2, 0) is 14.3 Å². The van der Waals surface area contributed by atoms with Crippen molar-refractivity contribution in [2.45, 2.75) is 13.0 Å². The number of aromatic amines is 1. The lowest BCUT2D eigenvalue weighted by molar-refractivity contribution is -0.148. The van der Waals surface area contributed by atoms with Crippen molar-refractivity contribution in [3.63, 3.8) is 0 Å². The lowest BCUT2D eigenvalue weighted by atomic mass is 10.1. The Bertz CT molecular complexity index is 870. The van der Waals surface area contributed by atoms with Crippen LogP contribution in [0.3, 0.4) is 0 Å². The molecule has 1 atom stereocenters. The third-order valence-corrected chi connectivity index (χ3v) is 4.52. The zero-order valence-corrected chi connectivity index (χ0v) is 13.2. The van der Waals surface area contributed by atoms with Crippen molar-refractivity contribution in [2.75, 3.05) is 19.9 Å². The number of benzene rings is 1. The number of nitrogens with zero attached hydrogens (tertiary/aromatic N) is 2. The third-order valence-electron chi connectivity index (χ3n) is 4.52. The molecule has 4 rings (SSSR count). The minimum absolute atomic E-state index is 0.0378. The first-order valence-electron chi connectivity index (χ1n) is 7.77. The van der Waals surface area contributed by atoms with E-state index in [9.17, 15) is 14.7 Å². The van der Waals surface area contributed by atoms with Gasteiger partial charge in [-0.1, -0.05) is 18.2 Å². The van der Waals surface area contributed by atoms with Crippen molar-refractivity contribution >= 4 is 28.5 Å². The average Bonchev–Trinajstić information content (AvgIpc) is 3.21. The van der Waals surface area contributed by atoms with Gasteiger partial charge in [0.25, 0.3) is 5.91 Å². The fourth-order valence-electron chi connectivity index (χ4n) is 3.15. The highest BCUT2D eigenvalue weighted by atomic mass is 16.5. The van der Waals surface area contributed by atoms with Gasteiger partial charge in [0.1, 0.15) is 6.54 Å². The minimum atomic E-state index is -0.430. The fraction of sp³-hybridized carbons (Fsp3) is 0.294. The molecular formula is C17H17N3O4. The van der Waals surface area contributed by atoms with Crippen molar-refractivity contribution in [1.82, 2.24) is 14.8 Å². The van der Waals surface area contributed by atoms with Crippen LogP contribution < -0.4 is 0 Å². The van der Waals surface area contributed by atoms with Crippen molar-refractivity contribution in [1.29, 1.82) is 0 Å². The average molecular weight is 327 g/mol. The first kappa shape index (κ1) is 14.8. The number of aliphatic hydroxyl groups is 1. The van der Waals surface area contributed by atoms with Gasteiger partial charge >= 0.3 is 0 Å². The molecule has 0 spiro atoms. The Hall–Kier alpha value is -2.80. The molecule has 2 N–H and O–H groups in total. The molecule has 1 aromatic heterocycles. The molecule has 7 nitrogen and oxygen atoms in total. The Kier molecular flexibility index (Phi) is 3.31. The summed E-state index contributed by atoms with van der Waals surface area (Å²) in [7, 11) is 0. The Morgan fingerprint density at radius 1 is 1.33 bits per heavy atom. The summed E-state index contributed by atoms with van der Waals surface area (Å²) in [4.78, 5) is 31.1. The van der Waals surface area contributed by atoms with E-state index in [0.717, 1.165) is 16.5 Å². The van der Waals surface area contributed by atoms with Crippen LogP contribution in [0.2, 0.25) is 0 Å². The Morgan fingerprint density at radius 3 is 2.92 bits per heavy atom. The van der Waals surface area contributed by atoms with E-state index in [-0.39, 0.29) is 37.4 Å². The van der Waals surface area contributed by atoms with E-state index >= 15 is 0 Å². The maximum Gasteiger partial charge on any atom is 0.275 e. The van der Waals surface area contributed by atoms with Crippen molar-refractivity contribution in [3.8, 4) is 0 Å². The molecule has 2 aliphatic heterocycles. The summed E-state index contributed by atoms with van der Waals surface area (Å²) >= 11 is 0. The van der Waals surface area contributed by atoms with E-state index in [2.05, 4.69) is 4.98 Å². The number of aliphatic hydroxyl groups excluding tert-OH is 1. The molecule has 1 aromatic carbocycles. The van der Waals surface area contributed by atoms with Crippen LogP contribution in [0, 0.1) is 0 Å². The number of nitrogens with one attached hydrogen (secondary N) is 1. The SMILES string of the molecule is C[C@@H](CO)N1CC(=O)N2COC(c3c[nH]c4ccccc34)=C2C1=O. The predicted octanol–water partition coefficient (Wildman–Crippen LogP) is 0.876. The molecule has 1 saturated heterocycles. The number of hydrogen-bond donors (Lipinski definition) is 2. The molecule has 7 heteroatoms. The highest BCUT2D eigenvalue weighted by Crippen LogP contribution is 2.36. The maximum absolute atomic E-state index is 12.9. The van der Waals surface area contributed by atoms with Crippen LogP contribution in [0.1, 0.15) is 12.5 Å². The minimum Gasteiger partial charge on any atom is -0.470 e. The van der Waals surface area contributed by atoms with E-state index in [0.29, 0.717) is 5.76 Å². The summed E-state index contributed by atoms with van der Waals surface area (Å²) in [6, 6.07) is 7.27. The van der Waals surface area contributed by atoms with Gasteiger partial charge in [0.2, 0.25) is 5.91 Å². The molecule has 2 aromatic rings. The number of amides is 2. The van der Waals surface area contributed by atoms with Crippen LogP contribution in [0.5, 0.6) is 0 Å². The van der Waals surface area contributed by atoms with Gasteiger partial charge in [-0.2, -0.15) is 0 Å². The van der Waals surface area contributed by atoms with Gasteiger partial charge < -0.3 is 19.7 Å². The molecule has 2 aliphatic rings. The van der Waals surface area contributed by atoms with Gasteiger partial charge in [0.15, 0.2) is 18.2 Å². The van der Waals surface area contributed by atoms with Crippen LogP contribution in [0.15, 0.2) is 36.2 Å². The summed E-state index contributed by atoms with van der Waals surface area (Å²) in [5.41, 5.74) is 1.93. The highest BCUT2D eigenvalue weighted by molar-refractivity contribution is 6.10. The number of H-pyrrole nitrogens is 1. The van der Waals surface area contributed by atoms with Crippen LogP contribution in [-0.4, -0.2) is 57.6 Å². The number of rotatable bonds is 3. The molecule has 0 unspecified atom stereocenters. The summed E-state index contributed by atoms with van der Waals surface area (Å²) in [5, 5.41) is 10.3. The summed E-state index contributed by atoms with van der Waals surface area (Å²) in [6.07, 6.45) is 1.78. The number of hydrogen-bond acceptors (Lipinski definition) is 4. The third kappa shape index (κ3) is 2.01. The van der Waals surface area contributed by atoms with Gasteiger partial charge in [-0.25, -0.2) is 0 Å². The standard InChI is InChI=1S/C17H17N3O4/c1-10(8-21)19-7-14(22)20-9-24-16(15(20)17(19)23)12-6-18-13-5-3-2-4-11(12)13/h2-6,10,18,21H,7-9H2,1H3/t10-/m0/s1. The molecule has 24 heavy (non-hydrogen) atoms. The molecule has 2 amide bonds. The molecule has 0 radical (unpaired) electrons. The fourth-order valence-corrected chi connectivity index (χ4v) is 3.15. The Morgan fingerprint density at radius 2 is 2.12 bits per heavy atom. The molecule has 0 aliphatic carbocycles. The maximum atomic E-state index is 12.9. The lowest BCUT2D eigenvalue weighted by Gasteiger charge is -2.35. The second kappa shape index (κ2) is 5.38. The summed E-state index contributed by atoms with van der Waals surface area (Å²) in [6.45, 7) is 1.50. The van der Waals surface area contributed by atoms with Crippen molar-refractivity contribution in [2.24, 2.45) is 0 Å². The second-order valence-corrected chi connectivity index (χ2v) is 5.99. The van der Waals surface area contributed by atoms with Crippen LogP contribution >= 0.6 is 0 Å². The zero-order valence-electron chi connectivity index (χ0n) is 13.2. The number of para-hydroxylation sites is 1. The molecule has 1 fully saturated rings. The summed E-state index contributed by atoms with van der Waals surface area (Å²) < 4.78 is 5.71. The number of carbonyl (C=O) groups is 2. The van der Waals surface area contributed by atoms with Gasteiger partial charge in [-0.05, 0) is 13.0 Å². The monoisotopic (exact) mass is 327 g/mol. The van der Waals surface area contributed by atoms with Crippen LogP contribution in [0.4, 0.5) is 0 Å². The number of piperazine rings is 1. The smallest absolute Gasteiger partial charge is 0.275 e. The highest BCUT2D eigenvalue weighted by Gasteiger charge is 2.43. The molecule has 3 heterocycles. The van der Waals surface area contributed by atoms with E-state index in [1.807, 2.05) is 24.3 Å². The predicted molar refractivity (Wildman–Crippen MR) is 86.3 cm³/mol. The van der Waals surface area contributed by atoms with Crippen molar-refractivity contribution < 1.29 is 19.4 Å². The van der Waals surface area contributed by atoms with Gasteiger partial charge in [-0.3, -0.25) is 14.5 Å². The Balaban J connectivity index is 1.85. The first-order chi connectivity index (χ1) is 11.6. The Labute approximate surface area is 138 Å². The summed E-state index contributed by atoms with van der Waals surface area (Å²) in [5.74, 6) is -0.102. The molecular weight excluding hydrogens is 310 g/mol. The zero-order chi connectivity index (χ0) is 16.8. The first-order valence-corrected chi connectivity index (χ1v) is 7.77. The quantitative estimate of drug-likeness (QED) is 0.876. The van der Waals surface area contributed by atoms with E-state index in [1.165, 1.54) is 9.80 Å². The van der Waals surface area contributed by atoms with Gasteiger partial charge in [0.05, 0.1) is 12.6 Å². The topological polar surface area (TPSA) is 85.9 Å². The van der Waals surface area contributed by atoms with E-state index in [1.54, 1.807) is 13.1 Å². The van der Waals surface area contributed by atoms with E-state index in [4.69, 9.17) is 4.74 Å². The number of aromatic nitrogens is 1. The van der Waals surface area contributed by atoms with Crippen molar-refractivity contribution in [3.05, 3.63) is 41.7 Å². The lowest BCUT2D eigenvalue weighted by Crippen LogP contribution is -2.54. The number of ether oxygens (including phenoxy) is 1.